The Labute approximate surface area is 133 Å². The molecule has 0 saturated heterocycles. The molecule has 2 aromatic rings. The van der Waals surface area contributed by atoms with E-state index in [1.165, 1.54) is 18.3 Å². The zero-order chi connectivity index (χ0) is 17.1. The molecule has 0 spiro atoms. The number of hydrogen-bond donors (Lipinski definition) is 1. The van der Waals surface area contributed by atoms with Gasteiger partial charge in [0.1, 0.15) is 17.4 Å². The van der Waals surface area contributed by atoms with Gasteiger partial charge in [-0.25, -0.2) is 4.39 Å². The summed E-state index contributed by atoms with van der Waals surface area (Å²) in [6, 6.07) is 7.46. The molecule has 0 bridgehead atoms. The van der Waals surface area contributed by atoms with Crippen LogP contribution in [0.2, 0.25) is 0 Å². The third kappa shape index (κ3) is 2.99. The molecular weight excluding hydrogens is 297 g/mol. The van der Waals surface area contributed by atoms with Crippen LogP contribution in [-0.4, -0.2) is 15.9 Å². The van der Waals surface area contributed by atoms with Crippen molar-refractivity contribution in [3.63, 3.8) is 0 Å². The average Bonchev–Trinajstić information content (AvgIpc) is 2.48. The van der Waals surface area contributed by atoms with Gasteiger partial charge in [-0.1, -0.05) is 12.1 Å². The lowest BCUT2D eigenvalue weighted by molar-refractivity contribution is 0.386. The topological polar surface area (TPSA) is 78.4 Å². The van der Waals surface area contributed by atoms with E-state index in [2.05, 4.69) is 4.99 Å². The molecule has 0 aliphatic heterocycles. The number of aliphatic imine (C=N–C) groups is 1. The molecule has 0 unspecified atom stereocenters. The normalized spacial score (nSPS) is 11.1. The summed E-state index contributed by atoms with van der Waals surface area (Å²) in [5, 5.41) is 19.6. The largest absolute Gasteiger partial charge is 0.494 e. The fourth-order valence-electron chi connectivity index (χ4n) is 2.27. The minimum Gasteiger partial charge on any atom is -0.494 e. The molecule has 0 radical (unpaired) electrons. The van der Waals surface area contributed by atoms with Crippen molar-refractivity contribution in [3.8, 4) is 11.9 Å². The quantitative estimate of drug-likeness (QED) is 0.884. The van der Waals surface area contributed by atoms with Crippen molar-refractivity contribution in [1.82, 2.24) is 4.57 Å². The Balaban J connectivity index is 2.68. The second kappa shape index (κ2) is 6.44. The SMILES string of the molecule is Cc1c(C=Nc2ccccc2F)c(O)n(C(C)C)c(=O)c1C#N. The Bertz CT molecular complexity index is 877. The molecule has 1 heterocycles. The summed E-state index contributed by atoms with van der Waals surface area (Å²) in [5.41, 5.74) is 0.0178. The molecule has 2 rings (SSSR count). The first kappa shape index (κ1) is 16.4. The molecule has 0 saturated carbocycles. The number of pyridine rings is 1. The number of para-hydroxylation sites is 1. The number of rotatable bonds is 3. The van der Waals surface area contributed by atoms with Crippen LogP contribution in [0.4, 0.5) is 10.1 Å². The predicted octanol–water partition coefficient (Wildman–Crippen LogP) is 3.20. The van der Waals surface area contributed by atoms with Gasteiger partial charge in [0.25, 0.3) is 5.56 Å². The van der Waals surface area contributed by atoms with E-state index in [0.29, 0.717) is 5.56 Å². The highest BCUT2D eigenvalue weighted by molar-refractivity contribution is 5.87. The first-order valence-electron chi connectivity index (χ1n) is 7.05. The standard InChI is InChI=1S/C17H16FN3O2/c1-10(2)21-16(22)12(8-19)11(3)13(17(21)23)9-20-15-7-5-4-6-14(15)18/h4-7,9-10,23H,1-3H3. The van der Waals surface area contributed by atoms with Gasteiger partial charge in [-0.3, -0.25) is 14.4 Å². The summed E-state index contributed by atoms with van der Waals surface area (Å²) in [5.74, 6) is -0.792. The van der Waals surface area contributed by atoms with Crippen LogP contribution in [-0.2, 0) is 0 Å². The first-order chi connectivity index (χ1) is 10.9. The summed E-state index contributed by atoms with van der Waals surface area (Å²) in [4.78, 5) is 16.3. The number of aromatic hydroxyl groups is 1. The molecule has 0 amide bonds. The fraction of sp³-hybridized carbons (Fsp3) is 0.235. The zero-order valence-corrected chi connectivity index (χ0v) is 13.0. The molecule has 0 aliphatic rings. The predicted molar refractivity (Wildman–Crippen MR) is 85.9 cm³/mol. The van der Waals surface area contributed by atoms with Crippen molar-refractivity contribution >= 4 is 11.9 Å². The van der Waals surface area contributed by atoms with Gasteiger partial charge in [0.15, 0.2) is 0 Å². The molecule has 0 atom stereocenters. The molecule has 0 fully saturated rings. The van der Waals surface area contributed by atoms with Gasteiger partial charge in [0.05, 0.1) is 11.3 Å². The fourth-order valence-corrected chi connectivity index (χ4v) is 2.27. The van der Waals surface area contributed by atoms with E-state index in [1.54, 1.807) is 32.9 Å². The van der Waals surface area contributed by atoms with E-state index in [0.717, 1.165) is 4.57 Å². The maximum absolute atomic E-state index is 13.6. The smallest absolute Gasteiger partial charge is 0.271 e. The number of nitriles is 1. The van der Waals surface area contributed by atoms with Crippen LogP contribution in [0.3, 0.4) is 0 Å². The molecule has 1 aromatic carbocycles. The molecular formula is C17H16FN3O2. The maximum atomic E-state index is 13.6. The summed E-state index contributed by atoms with van der Waals surface area (Å²) >= 11 is 0. The maximum Gasteiger partial charge on any atom is 0.271 e. The van der Waals surface area contributed by atoms with Gasteiger partial charge in [0, 0.05) is 12.3 Å². The lowest BCUT2D eigenvalue weighted by Gasteiger charge is -2.16. The first-order valence-corrected chi connectivity index (χ1v) is 7.05. The lowest BCUT2D eigenvalue weighted by atomic mass is 10.1. The molecule has 118 valence electrons. The summed E-state index contributed by atoms with van der Waals surface area (Å²) in [6.07, 6.45) is 1.27. The van der Waals surface area contributed by atoms with Crippen LogP contribution in [0.25, 0.3) is 0 Å². The number of aromatic nitrogens is 1. The number of hydrogen-bond acceptors (Lipinski definition) is 4. The Morgan fingerprint density at radius 1 is 1.39 bits per heavy atom. The van der Waals surface area contributed by atoms with Crippen LogP contribution < -0.4 is 5.56 Å². The zero-order valence-electron chi connectivity index (χ0n) is 13.0. The van der Waals surface area contributed by atoms with Gasteiger partial charge in [-0.15, -0.1) is 0 Å². The third-order valence-corrected chi connectivity index (χ3v) is 3.49. The van der Waals surface area contributed by atoms with Gasteiger partial charge in [0.2, 0.25) is 5.88 Å². The Morgan fingerprint density at radius 2 is 2.04 bits per heavy atom. The van der Waals surface area contributed by atoms with Crippen molar-refractivity contribution in [2.75, 3.05) is 0 Å². The molecule has 1 N–H and O–H groups in total. The minimum absolute atomic E-state index is 0.0634. The third-order valence-electron chi connectivity index (χ3n) is 3.49. The summed E-state index contributed by atoms with van der Waals surface area (Å²) in [6.45, 7) is 4.98. The van der Waals surface area contributed by atoms with Crippen LogP contribution in [0, 0.1) is 24.1 Å². The minimum atomic E-state index is -0.555. The lowest BCUT2D eigenvalue weighted by Crippen LogP contribution is -2.26. The van der Waals surface area contributed by atoms with E-state index in [4.69, 9.17) is 0 Å². The monoisotopic (exact) mass is 313 g/mol. The second-order valence-corrected chi connectivity index (χ2v) is 5.33. The van der Waals surface area contributed by atoms with Gasteiger partial charge in [-0.05, 0) is 38.5 Å². The van der Waals surface area contributed by atoms with Gasteiger partial charge < -0.3 is 5.11 Å². The van der Waals surface area contributed by atoms with Crippen molar-refractivity contribution < 1.29 is 9.50 Å². The van der Waals surface area contributed by atoms with Crippen LogP contribution >= 0.6 is 0 Å². The second-order valence-electron chi connectivity index (χ2n) is 5.33. The number of halogens is 1. The Kier molecular flexibility index (Phi) is 4.60. The van der Waals surface area contributed by atoms with Gasteiger partial charge in [-0.2, -0.15) is 5.26 Å². The van der Waals surface area contributed by atoms with E-state index >= 15 is 0 Å². The van der Waals surface area contributed by atoms with E-state index in [9.17, 15) is 19.6 Å². The molecule has 23 heavy (non-hydrogen) atoms. The number of benzene rings is 1. The average molecular weight is 313 g/mol. The van der Waals surface area contributed by atoms with Crippen LogP contribution in [0.15, 0.2) is 34.1 Å². The van der Waals surface area contributed by atoms with Crippen LogP contribution in [0.5, 0.6) is 5.88 Å². The summed E-state index contributed by atoms with van der Waals surface area (Å²) in [7, 11) is 0. The Morgan fingerprint density at radius 3 is 2.61 bits per heavy atom. The molecule has 0 aliphatic carbocycles. The molecule has 5 nitrogen and oxygen atoms in total. The van der Waals surface area contributed by atoms with Crippen molar-refractivity contribution in [2.24, 2.45) is 4.99 Å². The van der Waals surface area contributed by atoms with E-state index in [1.807, 2.05) is 6.07 Å². The van der Waals surface area contributed by atoms with Crippen molar-refractivity contribution in [1.29, 1.82) is 5.26 Å². The van der Waals surface area contributed by atoms with Crippen molar-refractivity contribution in [3.05, 3.63) is 57.1 Å². The summed E-state index contributed by atoms with van der Waals surface area (Å²) < 4.78 is 14.7. The van der Waals surface area contributed by atoms with Crippen molar-refractivity contribution in [2.45, 2.75) is 26.8 Å². The highest BCUT2D eigenvalue weighted by Gasteiger charge is 2.19. The van der Waals surface area contributed by atoms with E-state index in [-0.39, 0.29) is 28.7 Å². The van der Waals surface area contributed by atoms with Crippen LogP contribution in [0.1, 0.15) is 36.6 Å². The van der Waals surface area contributed by atoms with Gasteiger partial charge >= 0.3 is 0 Å². The highest BCUT2D eigenvalue weighted by atomic mass is 19.1. The number of nitrogens with zero attached hydrogens (tertiary/aromatic N) is 3. The van der Waals surface area contributed by atoms with E-state index < -0.39 is 11.4 Å². The highest BCUT2D eigenvalue weighted by Crippen LogP contribution is 2.24. The molecule has 6 heteroatoms. The molecule has 1 aromatic heterocycles. The Hall–Kier alpha value is -2.94.